The predicted molar refractivity (Wildman–Crippen MR) is 299 cm³/mol. The fourth-order valence-electron chi connectivity index (χ4n) is 13.5. The highest BCUT2D eigenvalue weighted by Crippen LogP contribution is 2.55. The molecule has 0 atom stereocenters. The summed E-state index contributed by atoms with van der Waals surface area (Å²) in [5.41, 5.74) is 19.6. The van der Waals surface area contributed by atoms with Crippen LogP contribution in [0.2, 0.25) is 0 Å². The van der Waals surface area contributed by atoms with Gasteiger partial charge < -0.3 is 13.7 Å². The molecule has 0 fully saturated rings. The van der Waals surface area contributed by atoms with E-state index in [1.165, 1.54) is 33.4 Å². The highest BCUT2D eigenvalue weighted by Gasteiger charge is 2.39. The molecule has 0 saturated carbocycles. The van der Waals surface area contributed by atoms with Gasteiger partial charge in [-0.2, -0.15) is 10.5 Å². The molecule has 0 saturated heterocycles. The van der Waals surface area contributed by atoms with Crippen LogP contribution in [0.15, 0.2) is 200 Å². The number of rotatable bonds is 4. The molecule has 13 aromatic rings. The summed E-state index contributed by atoms with van der Waals surface area (Å²) in [5, 5.41) is 31.4. The zero-order valence-corrected chi connectivity index (χ0v) is 40.8. The van der Waals surface area contributed by atoms with Crippen molar-refractivity contribution in [1.82, 2.24) is 13.7 Å². The summed E-state index contributed by atoms with van der Waals surface area (Å²) >= 11 is 0. The Morgan fingerprint density at radius 1 is 0.315 bits per heavy atom. The standard InChI is InChI=1S/C68H45N5/c1-67(2)53-26-12-5-19-41(53)48-35-40(33-34-55(48)67)63-65(71-57-28-14-7-21-43(57)44-22-8-15-29-58(44)71)51(38-69)64(52(39-70)66(63)72-59-30-16-9-23-45(59)46-24-10-17-31-60(46)72)73-61-32-18-11-25-47(61)50-36-56-49(37-62(50)73)42-20-6-13-27-54(42)68(56,3)4/h5-37H,1-4H3. The fourth-order valence-corrected chi connectivity index (χ4v) is 13.5. The van der Waals surface area contributed by atoms with Crippen molar-refractivity contribution in [3.8, 4) is 62.6 Å². The number of hydrogen-bond donors (Lipinski definition) is 0. The predicted octanol–water partition coefficient (Wildman–Crippen LogP) is 17.0. The molecule has 0 bridgehead atoms. The second-order valence-corrected chi connectivity index (χ2v) is 21.0. The summed E-state index contributed by atoms with van der Waals surface area (Å²) in [6, 6.07) is 77.4. The smallest absolute Gasteiger partial charge is 0.104 e. The van der Waals surface area contributed by atoms with Gasteiger partial charge in [0.2, 0.25) is 0 Å². The van der Waals surface area contributed by atoms with Gasteiger partial charge in [-0.3, -0.25) is 0 Å². The molecule has 0 amide bonds. The van der Waals surface area contributed by atoms with E-state index in [1.54, 1.807) is 0 Å². The topological polar surface area (TPSA) is 62.4 Å². The number of hydrogen-bond acceptors (Lipinski definition) is 2. The van der Waals surface area contributed by atoms with Crippen LogP contribution in [0.4, 0.5) is 0 Å². The largest absolute Gasteiger partial charge is 0.307 e. The molecule has 0 aliphatic heterocycles. The molecule has 0 N–H and O–H groups in total. The van der Waals surface area contributed by atoms with Gasteiger partial charge >= 0.3 is 0 Å². The van der Waals surface area contributed by atoms with Crippen molar-refractivity contribution in [2.24, 2.45) is 0 Å². The Balaban J connectivity index is 1.21. The van der Waals surface area contributed by atoms with E-state index in [1.807, 2.05) is 0 Å². The maximum absolute atomic E-state index is 12.5. The molecule has 5 nitrogen and oxygen atoms in total. The molecule has 2 aliphatic rings. The average molecular weight is 932 g/mol. The van der Waals surface area contributed by atoms with Gasteiger partial charge in [-0.1, -0.05) is 179 Å². The van der Waals surface area contributed by atoms with E-state index in [9.17, 15) is 10.5 Å². The molecule has 0 spiro atoms. The second-order valence-electron chi connectivity index (χ2n) is 21.0. The number of para-hydroxylation sites is 5. The van der Waals surface area contributed by atoms with Crippen molar-refractivity contribution in [3.05, 3.63) is 234 Å². The highest BCUT2D eigenvalue weighted by molar-refractivity contribution is 6.15. The number of nitrogens with zero attached hydrogens (tertiary/aromatic N) is 5. The van der Waals surface area contributed by atoms with Gasteiger partial charge in [0.15, 0.2) is 0 Å². The molecular formula is C68H45N5. The van der Waals surface area contributed by atoms with Gasteiger partial charge in [0.05, 0.1) is 50.2 Å². The van der Waals surface area contributed by atoms with Gasteiger partial charge in [-0.15, -0.1) is 0 Å². The highest BCUT2D eigenvalue weighted by atomic mass is 15.1. The van der Waals surface area contributed by atoms with Crippen LogP contribution >= 0.6 is 0 Å². The lowest BCUT2D eigenvalue weighted by Gasteiger charge is -2.27. The first-order valence-corrected chi connectivity index (χ1v) is 25.1. The Kier molecular flexibility index (Phi) is 8.26. The molecule has 2 aliphatic carbocycles. The van der Waals surface area contributed by atoms with E-state index in [0.717, 1.165) is 99.0 Å². The molecule has 342 valence electrons. The van der Waals surface area contributed by atoms with Gasteiger partial charge in [0.25, 0.3) is 0 Å². The Bertz CT molecular complexity index is 4450. The lowest BCUT2D eigenvalue weighted by molar-refractivity contribution is 0.660. The third-order valence-corrected chi connectivity index (χ3v) is 16.7. The summed E-state index contributed by atoms with van der Waals surface area (Å²) in [6.07, 6.45) is 0. The number of nitriles is 2. The number of benzene rings is 10. The Labute approximate surface area is 422 Å². The SMILES string of the molecule is CC1(C)c2ccccc2-c2cc(-c3c(-n4c5ccccc5c5ccccc54)c(C#N)c(-n4c5ccccc5c5cc6c(cc54)-c4ccccc4C6(C)C)c(C#N)c3-n3c4ccccc4c4ccccc43)ccc21. The minimum atomic E-state index is -0.237. The molecule has 0 unspecified atom stereocenters. The summed E-state index contributed by atoms with van der Waals surface area (Å²) in [5.74, 6) is 0. The minimum Gasteiger partial charge on any atom is -0.307 e. The van der Waals surface area contributed by atoms with E-state index in [2.05, 4.69) is 254 Å². The van der Waals surface area contributed by atoms with Crippen molar-refractivity contribution in [1.29, 1.82) is 10.5 Å². The van der Waals surface area contributed by atoms with Crippen LogP contribution in [0.3, 0.4) is 0 Å². The van der Waals surface area contributed by atoms with E-state index in [4.69, 9.17) is 0 Å². The van der Waals surface area contributed by atoms with Crippen molar-refractivity contribution < 1.29 is 0 Å². The van der Waals surface area contributed by atoms with Gasteiger partial charge in [0.1, 0.15) is 23.3 Å². The van der Waals surface area contributed by atoms with E-state index in [0.29, 0.717) is 16.8 Å². The molecule has 5 heteroatoms. The number of fused-ring (bicyclic) bond motifs is 15. The van der Waals surface area contributed by atoms with Crippen LogP contribution in [-0.4, -0.2) is 13.7 Å². The molecule has 3 aromatic heterocycles. The van der Waals surface area contributed by atoms with E-state index in [-0.39, 0.29) is 10.8 Å². The summed E-state index contributed by atoms with van der Waals surface area (Å²) in [6.45, 7) is 9.25. The monoisotopic (exact) mass is 931 g/mol. The van der Waals surface area contributed by atoms with Crippen molar-refractivity contribution in [2.75, 3.05) is 0 Å². The Morgan fingerprint density at radius 2 is 0.671 bits per heavy atom. The third kappa shape index (κ3) is 5.28. The van der Waals surface area contributed by atoms with Crippen LogP contribution < -0.4 is 0 Å². The van der Waals surface area contributed by atoms with Crippen LogP contribution in [0, 0.1) is 22.7 Å². The third-order valence-electron chi connectivity index (χ3n) is 16.7. The van der Waals surface area contributed by atoms with E-state index >= 15 is 0 Å². The molecule has 73 heavy (non-hydrogen) atoms. The Morgan fingerprint density at radius 3 is 1.12 bits per heavy atom. The quantitative estimate of drug-likeness (QED) is 0.176. The normalized spacial score (nSPS) is 13.9. The number of aromatic nitrogens is 3. The lowest BCUT2D eigenvalue weighted by Crippen LogP contribution is -2.15. The molecule has 3 heterocycles. The first kappa shape index (κ1) is 41.4. The van der Waals surface area contributed by atoms with Gasteiger partial charge in [-0.05, 0) is 98.6 Å². The molecule has 10 aromatic carbocycles. The van der Waals surface area contributed by atoms with Crippen molar-refractivity contribution >= 4 is 65.4 Å². The molecule has 15 rings (SSSR count). The minimum absolute atomic E-state index is 0.234. The first-order valence-electron chi connectivity index (χ1n) is 25.1. The summed E-state index contributed by atoms with van der Waals surface area (Å²) in [7, 11) is 0. The van der Waals surface area contributed by atoms with Gasteiger partial charge in [-0.25, -0.2) is 0 Å². The first-order chi connectivity index (χ1) is 35.7. The Hall–Kier alpha value is -9.42. The van der Waals surface area contributed by atoms with E-state index < -0.39 is 0 Å². The van der Waals surface area contributed by atoms with Crippen LogP contribution in [0.5, 0.6) is 0 Å². The van der Waals surface area contributed by atoms with Crippen molar-refractivity contribution in [3.63, 3.8) is 0 Å². The summed E-state index contributed by atoms with van der Waals surface area (Å²) in [4.78, 5) is 0. The van der Waals surface area contributed by atoms with Crippen molar-refractivity contribution in [2.45, 2.75) is 38.5 Å². The van der Waals surface area contributed by atoms with Gasteiger partial charge in [0, 0.05) is 48.7 Å². The van der Waals surface area contributed by atoms with Crippen LogP contribution in [0.25, 0.3) is 116 Å². The maximum atomic E-state index is 12.5. The second kappa shape index (κ2) is 14.6. The lowest BCUT2D eigenvalue weighted by atomic mass is 9.82. The van der Waals surface area contributed by atoms with Crippen LogP contribution in [0.1, 0.15) is 61.1 Å². The molecule has 0 radical (unpaired) electrons. The zero-order valence-electron chi connectivity index (χ0n) is 40.8. The summed E-state index contributed by atoms with van der Waals surface area (Å²) < 4.78 is 6.88. The molecular weight excluding hydrogens is 887 g/mol. The zero-order chi connectivity index (χ0) is 49.1. The maximum Gasteiger partial charge on any atom is 0.104 e. The van der Waals surface area contributed by atoms with Crippen LogP contribution in [-0.2, 0) is 10.8 Å². The average Bonchev–Trinajstić information content (AvgIpc) is 4.18. The fraction of sp³-hybridized carbons (Fsp3) is 0.0882.